The zero-order valence-electron chi connectivity index (χ0n) is 11.5. The minimum Gasteiger partial charge on any atom is -0.487 e. The maximum Gasteiger partial charge on any atom is 0.142 e. The molecular weight excluding hydrogens is 258 g/mol. The highest BCUT2D eigenvalue weighted by Gasteiger charge is 2.05. The van der Waals surface area contributed by atoms with Crippen LogP contribution in [0.15, 0.2) is 30.3 Å². The molecule has 19 heavy (non-hydrogen) atoms. The fourth-order valence-corrected chi connectivity index (χ4v) is 2.07. The maximum absolute atomic E-state index is 5.89. The van der Waals surface area contributed by atoms with E-state index in [9.17, 15) is 0 Å². The van der Waals surface area contributed by atoms with Gasteiger partial charge in [0, 0.05) is 5.69 Å². The van der Waals surface area contributed by atoms with Gasteiger partial charge in [0.1, 0.15) is 12.4 Å². The molecule has 2 nitrogen and oxygen atoms in total. The molecule has 0 fully saturated rings. The smallest absolute Gasteiger partial charge is 0.142 e. The van der Waals surface area contributed by atoms with Crippen molar-refractivity contribution in [1.82, 2.24) is 4.98 Å². The molecule has 0 saturated carbocycles. The summed E-state index contributed by atoms with van der Waals surface area (Å²) in [5.41, 5.74) is 5.48. The van der Waals surface area contributed by atoms with E-state index in [1.807, 2.05) is 19.1 Å². The van der Waals surface area contributed by atoms with Gasteiger partial charge >= 0.3 is 0 Å². The highest BCUT2D eigenvalue weighted by Crippen LogP contribution is 2.20. The van der Waals surface area contributed by atoms with Crippen molar-refractivity contribution in [2.45, 2.75) is 33.3 Å². The topological polar surface area (TPSA) is 22.1 Å². The molecule has 0 aliphatic carbocycles. The Morgan fingerprint density at radius 2 is 1.84 bits per heavy atom. The molecule has 0 radical (unpaired) electrons. The molecule has 0 amide bonds. The van der Waals surface area contributed by atoms with E-state index in [-0.39, 0.29) is 0 Å². The molecule has 0 bridgehead atoms. The van der Waals surface area contributed by atoms with Crippen LogP contribution >= 0.6 is 11.6 Å². The monoisotopic (exact) mass is 275 g/mol. The molecule has 100 valence electrons. The van der Waals surface area contributed by atoms with Crippen LogP contribution in [0.25, 0.3) is 0 Å². The molecule has 0 spiro atoms. The fraction of sp³-hybridized carbons (Fsp3) is 0.312. The minimum absolute atomic E-state index is 0.365. The summed E-state index contributed by atoms with van der Waals surface area (Å²) >= 11 is 5.89. The van der Waals surface area contributed by atoms with Gasteiger partial charge in [0.2, 0.25) is 0 Å². The standard InChI is InChI=1S/C16H18ClNO/c1-11-4-6-14(8-12(11)2)10-19-16-7-5-13(3)18-15(16)9-17/h4-8H,9-10H2,1-3H3. The van der Waals surface area contributed by atoms with Gasteiger partial charge in [0.15, 0.2) is 0 Å². The molecule has 2 rings (SSSR count). The Kier molecular flexibility index (Phi) is 4.43. The number of alkyl halides is 1. The van der Waals surface area contributed by atoms with Crippen molar-refractivity contribution in [3.8, 4) is 5.75 Å². The summed E-state index contributed by atoms with van der Waals surface area (Å²) in [4.78, 5) is 4.38. The first-order valence-electron chi connectivity index (χ1n) is 6.31. The molecule has 0 unspecified atom stereocenters. The van der Waals surface area contributed by atoms with Gasteiger partial charge in [-0.25, -0.2) is 0 Å². The third-order valence-electron chi connectivity index (χ3n) is 3.16. The highest BCUT2D eigenvalue weighted by molar-refractivity contribution is 6.17. The molecule has 1 heterocycles. The van der Waals surface area contributed by atoms with Crippen molar-refractivity contribution in [2.75, 3.05) is 0 Å². The van der Waals surface area contributed by atoms with Crippen LogP contribution in [-0.2, 0) is 12.5 Å². The number of aryl methyl sites for hydroxylation is 3. The summed E-state index contributed by atoms with van der Waals surface area (Å²) in [5.74, 6) is 1.13. The molecule has 0 aliphatic rings. The first kappa shape index (κ1) is 13.9. The Morgan fingerprint density at radius 1 is 1.05 bits per heavy atom. The number of aromatic nitrogens is 1. The van der Waals surface area contributed by atoms with Crippen LogP contribution in [0.3, 0.4) is 0 Å². The molecule has 0 saturated heterocycles. The lowest BCUT2D eigenvalue weighted by Gasteiger charge is -2.11. The number of nitrogens with zero attached hydrogens (tertiary/aromatic N) is 1. The number of benzene rings is 1. The van der Waals surface area contributed by atoms with E-state index in [0.717, 1.165) is 22.7 Å². The lowest BCUT2D eigenvalue weighted by atomic mass is 10.1. The summed E-state index contributed by atoms with van der Waals surface area (Å²) in [6, 6.07) is 10.2. The first-order chi connectivity index (χ1) is 9.10. The van der Waals surface area contributed by atoms with Crippen LogP contribution in [-0.4, -0.2) is 4.98 Å². The SMILES string of the molecule is Cc1ccc(OCc2ccc(C)c(C)c2)c(CCl)n1. The lowest BCUT2D eigenvalue weighted by molar-refractivity contribution is 0.302. The van der Waals surface area contributed by atoms with Gasteiger partial charge in [0.05, 0.1) is 11.6 Å². The molecule has 0 aliphatic heterocycles. The molecule has 1 aromatic heterocycles. The van der Waals surface area contributed by atoms with Crippen LogP contribution < -0.4 is 4.74 Å². The van der Waals surface area contributed by atoms with E-state index in [4.69, 9.17) is 16.3 Å². The zero-order chi connectivity index (χ0) is 13.8. The van der Waals surface area contributed by atoms with E-state index in [2.05, 4.69) is 37.0 Å². The molecular formula is C16H18ClNO. The summed E-state index contributed by atoms with van der Waals surface area (Å²) in [6.07, 6.45) is 0. The van der Waals surface area contributed by atoms with E-state index in [0.29, 0.717) is 12.5 Å². The predicted molar refractivity (Wildman–Crippen MR) is 78.8 cm³/mol. The molecule has 1 aromatic carbocycles. The Hall–Kier alpha value is -1.54. The highest BCUT2D eigenvalue weighted by atomic mass is 35.5. The van der Waals surface area contributed by atoms with Crippen molar-refractivity contribution >= 4 is 11.6 Å². The van der Waals surface area contributed by atoms with Gasteiger partial charge in [-0.05, 0) is 49.6 Å². The number of ether oxygens (including phenoxy) is 1. The van der Waals surface area contributed by atoms with Gasteiger partial charge in [-0.15, -0.1) is 11.6 Å². The normalized spacial score (nSPS) is 10.5. The van der Waals surface area contributed by atoms with Crippen LogP contribution in [0.1, 0.15) is 28.1 Å². The molecule has 3 heteroatoms. The van der Waals surface area contributed by atoms with Gasteiger partial charge in [-0.3, -0.25) is 4.98 Å². The Bertz CT molecular complexity index is 581. The van der Waals surface area contributed by atoms with Crippen LogP contribution in [0.4, 0.5) is 0 Å². The van der Waals surface area contributed by atoms with Gasteiger partial charge in [-0.1, -0.05) is 18.2 Å². The minimum atomic E-state index is 0.365. The Morgan fingerprint density at radius 3 is 2.53 bits per heavy atom. The molecule has 2 aromatic rings. The van der Waals surface area contributed by atoms with Crippen LogP contribution in [0, 0.1) is 20.8 Å². The van der Waals surface area contributed by atoms with Crippen molar-refractivity contribution in [3.63, 3.8) is 0 Å². The van der Waals surface area contributed by atoms with Crippen molar-refractivity contribution in [3.05, 3.63) is 58.4 Å². The number of pyridine rings is 1. The molecule has 0 N–H and O–H groups in total. The van der Waals surface area contributed by atoms with Crippen LogP contribution in [0.5, 0.6) is 5.75 Å². The predicted octanol–water partition coefficient (Wildman–Crippen LogP) is 4.32. The van der Waals surface area contributed by atoms with Gasteiger partial charge in [0.25, 0.3) is 0 Å². The second-order valence-corrected chi connectivity index (χ2v) is 5.01. The Labute approximate surface area is 119 Å². The largest absolute Gasteiger partial charge is 0.487 e. The average molecular weight is 276 g/mol. The summed E-state index contributed by atoms with van der Waals surface area (Å²) in [5, 5.41) is 0. The summed E-state index contributed by atoms with van der Waals surface area (Å²) < 4.78 is 5.82. The third-order valence-corrected chi connectivity index (χ3v) is 3.42. The van der Waals surface area contributed by atoms with Gasteiger partial charge in [-0.2, -0.15) is 0 Å². The maximum atomic E-state index is 5.89. The van der Waals surface area contributed by atoms with E-state index in [1.54, 1.807) is 0 Å². The molecule has 0 atom stereocenters. The summed E-state index contributed by atoms with van der Waals surface area (Å²) in [6.45, 7) is 6.70. The Balaban J connectivity index is 2.12. The second-order valence-electron chi connectivity index (χ2n) is 4.74. The van der Waals surface area contributed by atoms with Crippen molar-refractivity contribution in [2.24, 2.45) is 0 Å². The number of rotatable bonds is 4. The summed E-state index contributed by atoms with van der Waals surface area (Å²) in [7, 11) is 0. The third kappa shape index (κ3) is 3.48. The first-order valence-corrected chi connectivity index (χ1v) is 6.85. The fourth-order valence-electron chi connectivity index (χ4n) is 1.88. The van der Waals surface area contributed by atoms with Crippen LogP contribution in [0.2, 0.25) is 0 Å². The lowest BCUT2D eigenvalue weighted by Crippen LogP contribution is -2.01. The van der Waals surface area contributed by atoms with Gasteiger partial charge < -0.3 is 4.74 Å². The second kappa shape index (κ2) is 6.07. The van der Waals surface area contributed by atoms with E-state index < -0.39 is 0 Å². The number of halogens is 1. The average Bonchev–Trinajstić information content (AvgIpc) is 2.41. The number of hydrogen-bond donors (Lipinski definition) is 0. The van der Waals surface area contributed by atoms with E-state index >= 15 is 0 Å². The number of hydrogen-bond acceptors (Lipinski definition) is 2. The quantitative estimate of drug-likeness (QED) is 0.775. The van der Waals surface area contributed by atoms with E-state index in [1.165, 1.54) is 11.1 Å². The zero-order valence-corrected chi connectivity index (χ0v) is 12.3. The van der Waals surface area contributed by atoms with Crippen molar-refractivity contribution < 1.29 is 4.74 Å². The van der Waals surface area contributed by atoms with Crippen molar-refractivity contribution in [1.29, 1.82) is 0 Å².